The fourth-order valence-electron chi connectivity index (χ4n) is 3.60. The molecule has 1 atom stereocenters. The minimum atomic E-state index is 0.00305. The SMILES string of the molecule is CNC(=O)N1CCCC(c2cc[nH]c3cnc4nccc4c23)C1. The topological polar surface area (TPSA) is 73.9 Å². The van der Waals surface area contributed by atoms with Crippen LogP contribution < -0.4 is 5.32 Å². The maximum atomic E-state index is 12.0. The Bertz CT molecular complexity index is 872. The van der Waals surface area contributed by atoms with Crippen molar-refractivity contribution in [1.29, 1.82) is 0 Å². The number of aromatic amines is 1. The number of carbonyl (C=O) groups is 1. The Balaban J connectivity index is 1.82. The maximum Gasteiger partial charge on any atom is 0.317 e. The van der Waals surface area contributed by atoms with Gasteiger partial charge in [0.25, 0.3) is 0 Å². The Morgan fingerprint density at radius 1 is 1.39 bits per heavy atom. The van der Waals surface area contributed by atoms with Gasteiger partial charge in [-0.2, -0.15) is 0 Å². The molecule has 0 radical (unpaired) electrons. The number of nitrogens with one attached hydrogen (secondary N) is 2. The second-order valence-corrected chi connectivity index (χ2v) is 6.00. The molecule has 1 unspecified atom stereocenters. The number of hydrogen-bond donors (Lipinski definition) is 2. The van der Waals surface area contributed by atoms with Crippen molar-refractivity contribution in [2.24, 2.45) is 0 Å². The van der Waals surface area contributed by atoms with Crippen molar-refractivity contribution in [3.05, 3.63) is 36.3 Å². The van der Waals surface area contributed by atoms with Crippen LogP contribution in [-0.4, -0.2) is 46.0 Å². The molecule has 6 nitrogen and oxygen atoms in total. The lowest BCUT2D eigenvalue weighted by Crippen LogP contribution is -2.43. The molecule has 0 spiro atoms. The van der Waals surface area contributed by atoms with Crippen LogP contribution >= 0.6 is 0 Å². The molecule has 0 aromatic carbocycles. The van der Waals surface area contributed by atoms with Gasteiger partial charge in [0.05, 0.1) is 11.7 Å². The van der Waals surface area contributed by atoms with Crippen LogP contribution in [0.2, 0.25) is 0 Å². The van der Waals surface area contributed by atoms with Gasteiger partial charge in [-0.3, -0.25) is 0 Å². The highest BCUT2D eigenvalue weighted by Crippen LogP contribution is 2.34. The number of pyridine rings is 2. The molecule has 1 fully saturated rings. The van der Waals surface area contributed by atoms with Crippen LogP contribution in [-0.2, 0) is 0 Å². The van der Waals surface area contributed by atoms with Crippen molar-refractivity contribution in [1.82, 2.24) is 25.2 Å². The van der Waals surface area contributed by atoms with Gasteiger partial charge in [0.15, 0.2) is 5.65 Å². The van der Waals surface area contributed by atoms with Crippen LogP contribution in [0.3, 0.4) is 0 Å². The number of fused-ring (bicyclic) bond motifs is 3. The van der Waals surface area contributed by atoms with Crippen molar-refractivity contribution in [2.75, 3.05) is 20.1 Å². The average Bonchev–Trinajstić information content (AvgIpc) is 3.09. The van der Waals surface area contributed by atoms with Gasteiger partial charge in [0, 0.05) is 49.2 Å². The quantitative estimate of drug-likeness (QED) is 0.725. The van der Waals surface area contributed by atoms with Gasteiger partial charge in [-0.05, 0) is 30.5 Å². The Kier molecular flexibility index (Phi) is 3.37. The number of nitrogens with zero attached hydrogens (tertiary/aromatic N) is 3. The minimum absolute atomic E-state index is 0.00305. The number of urea groups is 1. The minimum Gasteiger partial charge on any atom is -0.360 e. The first kappa shape index (κ1) is 14.0. The highest BCUT2D eigenvalue weighted by atomic mass is 16.2. The molecule has 1 saturated heterocycles. The number of piperidine rings is 1. The molecule has 1 aliphatic rings. The first-order chi connectivity index (χ1) is 11.3. The number of aromatic nitrogens is 3. The molecule has 0 aliphatic carbocycles. The molecule has 2 amide bonds. The average molecular weight is 309 g/mol. The van der Waals surface area contributed by atoms with E-state index >= 15 is 0 Å². The van der Waals surface area contributed by atoms with E-state index in [2.05, 4.69) is 26.3 Å². The first-order valence-electron chi connectivity index (χ1n) is 7.95. The number of amides is 2. The van der Waals surface area contributed by atoms with Crippen LogP contribution in [0.25, 0.3) is 21.9 Å². The lowest BCUT2D eigenvalue weighted by molar-refractivity contribution is 0.182. The van der Waals surface area contributed by atoms with E-state index in [9.17, 15) is 4.79 Å². The van der Waals surface area contributed by atoms with E-state index in [-0.39, 0.29) is 6.03 Å². The van der Waals surface area contributed by atoms with Crippen molar-refractivity contribution >= 4 is 28.0 Å². The predicted molar refractivity (Wildman–Crippen MR) is 89.4 cm³/mol. The second-order valence-electron chi connectivity index (χ2n) is 6.00. The molecule has 0 saturated carbocycles. The van der Waals surface area contributed by atoms with Gasteiger partial charge in [-0.15, -0.1) is 0 Å². The van der Waals surface area contributed by atoms with Gasteiger partial charge in [-0.1, -0.05) is 0 Å². The van der Waals surface area contributed by atoms with E-state index in [1.54, 1.807) is 13.2 Å². The summed E-state index contributed by atoms with van der Waals surface area (Å²) >= 11 is 0. The van der Waals surface area contributed by atoms with E-state index in [4.69, 9.17) is 0 Å². The Morgan fingerprint density at radius 2 is 2.30 bits per heavy atom. The third-order valence-electron chi connectivity index (χ3n) is 4.69. The molecule has 4 rings (SSSR count). The van der Waals surface area contributed by atoms with Crippen LogP contribution in [0.5, 0.6) is 0 Å². The van der Waals surface area contributed by atoms with E-state index < -0.39 is 0 Å². The summed E-state index contributed by atoms with van der Waals surface area (Å²) in [6.45, 7) is 1.57. The highest BCUT2D eigenvalue weighted by molar-refractivity contribution is 6.05. The van der Waals surface area contributed by atoms with Gasteiger partial charge < -0.3 is 15.2 Å². The molecule has 4 heterocycles. The molecular formula is C17H19N5O. The van der Waals surface area contributed by atoms with Crippen molar-refractivity contribution < 1.29 is 4.79 Å². The largest absolute Gasteiger partial charge is 0.360 e. The number of H-pyrrole nitrogens is 1. The molecule has 6 heteroatoms. The summed E-state index contributed by atoms with van der Waals surface area (Å²) in [5, 5.41) is 4.98. The van der Waals surface area contributed by atoms with Crippen LogP contribution in [0.15, 0.2) is 30.7 Å². The molecule has 23 heavy (non-hydrogen) atoms. The Hall–Kier alpha value is -2.63. The molecule has 0 bridgehead atoms. The van der Waals surface area contributed by atoms with E-state index in [0.29, 0.717) is 5.92 Å². The third-order valence-corrected chi connectivity index (χ3v) is 4.69. The zero-order chi connectivity index (χ0) is 15.8. The summed E-state index contributed by atoms with van der Waals surface area (Å²) in [5.74, 6) is 0.332. The van der Waals surface area contributed by atoms with Crippen molar-refractivity contribution in [3.8, 4) is 0 Å². The summed E-state index contributed by atoms with van der Waals surface area (Å²) in [5.41, 5.74) is 3.06. The summed E-state index contributed by atoms with van der Waals surface area (Å²) in [4.78, 5) is 25.8. The van der Waals surface area contributed by atoms with Crippen LogP contribution in [0, 0.1) is 0 Å². The van der Waals surface area contributed by atoms with Crippen molar-refractivity contribution in [2.45, 2.75) is 18.8 Å². The summed E-state index contributed by atoms with van der Waals surface area (Å²) in [7, 11) is 1.68. The molecular weight excluding hydrogens is 290 g/mol. The highest BCUT2D eigenvalue weighted by Gasteiger charge is 2.26. The van der Waals surface area contributed by atoms with Gasteiger partial charge in [0.1, 0.15) is 0 Å². The van der Waals surface area contributed by atoms with Gasteiger partial charge in [-0.25, -0.2) is 14.8 Å². The number of likely N-dealkylation sites (tertiary alicyclic amines) is 1. The summed E-state index contributed by atoms with van der Waals surface area (Å²) in [6, 6.07) is 4.15. The smallest absolute Gasteiger partial charge is 0.317 e. The van der Waals surface area contributed by atoms with Crippen LogP contribution in [0.4, 0.5) is 4.79 Å². The predicted octanol–water partition coefficient (Wildman–Crippen LogP) is 2.63. The second kappa shape index (κ2) is 5.53. The first-order valence-corrected chi connectivity index (χ1v) is 7.95. The van der Waals surface area contributed by atoms with Gasteiger partial charge in [0.2, 0.25) is 0 Å². The Labute approximate surface area is 133 Å². The normalized spacial score (nSPS) is 18.5. The molecule has 2 N–H and O–H groups in total. The standard InChI is InChI=1S/C17H19N5O/c1-18-17(23)22-8-2-3-11(10-22)12-4-6-19-14-9-21-16-13(15(12)14)5-7-20-16/h4-7,9,11,19H,2-3,8,10H2,1H3,(H,18,23). The van der Waals surface area contributed by atoms with E-state index in [0.717, 1.165) is 42.5 Å². The number of hydrogen-bond acceptors (Lipinski definition) is 3. The third kappa shape index (κ3) is 2.30. The van der Waals surface area contributed by atoms with Gasteiger partial charge >= 0.3 is 6.03 Å². The van der Waals surface area contributed by atoms with E-state index in [1.807, 2.05) is 23.4 Å². The monoisotopic (exact) mass is 309 g/mol. The molecule has 118 valence electrons. The summed E-state index contributed by atoms with van der Waals surface area (Å²) in [6.07, 6.45) is 7.70. The zero-order valence-corrected chi connectivity index (χ0v) is 13.0. The van der Waals surface area contributed by atoms with Crippen molar-refractivity contribution in [3.63, 3.8) is 0 Å². The number of carbonyl (C=O) groups excluding carboxylic acids is 1. The maximum absolute atomic E-state index is 12.0. The molecule has 3 aromatic heterocycles. The lowest BCUT2D eigenvalue weighted by atomic mass is 9.88. The van der Waals surface area contributed by atoms with E-state index in [1.165, 1.54) is 10.9 Å². The lowest BCUT2D eigenvalue weighted by Gasteiger charge is -2.33. The fraction of sp³-hybridized carbons (Fsp3) is 0.353. The fourth-order valence-corrected chi connectivity index (χ4v) is 3.60. The molecule has 1 aliphatic heterocycles. The Morgan fingerprint density at radius 3 is 3.17 bits per heavy atom. The summed E-state index contributed by atoms with van der Waals surface area (Å²) < 4.78 is 0. The molecule has 3 aromatic rings. The van der Waals surface area contributed by atoms with Crippen LogP contribution in [0.1, 0.15) is 24.3 Å². The number of rotatable bonds is 1. The zero-order valence-electron chi connectivity index (χ0n) is 13.0.